The summed E-state index contributed by atoms with van der Waals surface area (Å²) < 4.78 is 0. The predicted molar refractivity (Wildman–Crippen MR) is 84.6 cm³/mol. The van der Waals surface area contributed by atoms with E-state index in [1.807, 2.05) is 0 Å². The molecule has 2 aliphatic rings. The third kappa shape index (κ3) is 3.62. The molecule has 1 aromatic rings. The number of aryl methyl sites for hydroxylation is 2. The Labute approximate surface area is 123 Å². The van der Waals surface area contributed by atoms with Crippen molar-refractivity contribution in [2.45, 2.75) is 52.1 Å². The zero-order chi connectivity index (χ0) is 14.1. The molecule has 2 unspecified atom stereocenters. The minimum absolute atomic E-state index is 0.373. The summed E-state index contributed by atoms with van der Waals surface area (Å²) in [6, 6.07) is 7.16. The van der Waals surface area contributed by atoms with Gasteiger partial charge in [0, 0.05) is 25.7 Å². The lowest BCUT2D eigenvalue weighted by molar-refractivity contribution is 0.141. The van der Waals surface area contributed by atoms with Crippen LogP contribution in [0.2, 0.25) is 0 Å². The van der Waals surface area contributed by atoms with E-state index in [4.69, 9.17) is 5.73 Å². The minimum Gasteiger partial charge on any atom is -0.327 e. The highest BCUT2D eigenvalue weighted by atomic mass is 15.1. The third-order valence-electron chi connectivity index (χ3n) is 4.91. The lowest BCUT2D eigenvalue weighted by Crippen LogP contribution is -2.46. The number of rotatable bonds is 4. The van der Waals surface area contributed by atoms with E-state index < -0.39 is 0 Å². The molecule has 1 aliphatic heterocycles. The van der Waals surface area contributed by atoms with Crippen LogP contribution in [0.1, 0.15) is 42.4 Å². The lowest BCUT2D eigenvalue weighted by Gasteiger charge is -2.36. The summed E-state index contributed by atoms with van der Waals surface area (Å²) in [7, 11) is 0. The monoisotopic (exact) mass is 272 g/mol. The Morgan fingerprint density at radius 2 is 1.95 bits per heavy atom. The third-order valence-corrected chi connectivity index (χ3v) is 4.91. The highest BCUT2D eigenvalue weighted by molar-refractivity contribution is 5.30. The molecule has 1 saturated carbocycles. The van der Waals surface area contributed by atoms with Gasteiger partial charge in [-0.2, -0.15) is 0 Å². The normalized spacial score (nSPS) is 27.8. The molecule has 1 heterocycles. The molecule has 0 bridgehead atoms. The smallest absolute Gasteiger partial charge is 0.0237 e. The van der Waals surface area contributed by atoms with Gasteiger partial charge in [-0.1, -0.05) is 36.6 Å². The highest BCUT2D eigenvalue weighted by Crippen LogP contribution is 2.37. The van der Waals surface area contributed by atoms with Crippen molar-refractivity contribution < 1.29 is 0 Å². The van der Waals surface area contributed by atoms with Crippen LogP contribution in [0.4, 0.5) is 0 Å². The fraction of sp³-hybridized carbons (Fsp3) is 0.667. The van der Waals surface area contributed by atoms with E-state index in [1.54, 1.807) is 0 Å². The first-order chi connectivity index (χ1) is 9.60. The standard InChI is InChI=1S/C18H28N2/c1-13-3-4-14(2)17(7-13)11-20-10-16(8-15-5-6-15)9-18(19)12-20/h3-4,7,15-16,18H,5-6,8-12,19H2,1-2H3. The van der Waals surface area contributed by atoms with Gasteiger partial charge in [-0.3, -0.25) is 4.90 Å². The van der Waals surface area contributed by atoms with Gasteiger partial charge in [0.15, 0.2) is 0 Å². The maximum atomic E-state index is 6.29. The van der Waals surface area contributed by atoms with E-state index in [0.29, 0.717) is 6.04 Å². The van der Waals surface area contributed by atoms with E-state index in [1.165, 1.54) is 48.9 Å². The Hall–Kier alpha value is -0.860. The highest BCUT2D eigenvalue weighted by Gasteiger charge is 2.31. The Bertz CT molecular complexity index is 462. The molecule has 2 nitrogen and oxygen atoms in total. The van der Waals surface area contributed by atoms with E-state index in [9.17, 15) is 0 Å². The maximum Gasteiger partial charge on any atom is 0.0237 e. The lowest BCUT2D eigenvalue weighted by atomic mass is 9.89. The fourth-order valence-electron chi connectivity index (χ4n) is 3.68. The molecule has 2 heteroatoms. The number of hydrogen-bond donors (Lipinski definition) is 1. The zero-order valence-corrected chi connectivity index (χ0v) is 12.9. The summed E-state index contributed by atoms with van der Waals surface area (Å²) in [6.45, 7) is 7.79. The first-order valence-electron chi connectivity index (χ1n) is 8.14. The van der Waals surface area contributed by atoms with Crippen LogP contribution in [0.5, 0.6) is 0 Å². The number of benzene rings is 1. The Kier molecular flexibility index (Phi) is 4.13. The molecule has 0 aromatic heterocycles. The summed E-state index contributed by atoms with van der Waals surface area (Å²) in [4.78, 5) is 2.59. The molecule has 20 heavy (non-hydrogen) atoms. The van der Waals surface area contributed by atoms with Crippen molar-refractivity contribution in [3.05, 3.63) is 34.9 Å². The average molecular weight is 272 g/mol. The largest absolute Gasteiger partial charge is 0.327 e. The van der Waals surface area contributed by atoms with Crippen LogP contribution < -0.4 is 5.73 Å². The van der Waals surface area contributed by atoms with Crippen molar-refractivity contribution in [2.75, 3.05) is 13.1 Å². The van der Waals surface area contributed by atoms with E-state index >= 15 is 0 Å². The van der Waals surface area contributed by atoms with Crippen molar-refractivity contribution in [1.82, 2.24) is 4.90 Å². The van der Waals surface area contributed by atoms with Crippen molar-refractivity contribution in [3.8, 4) is 0 Å². The van der Waals surface area contributed by atoms with Gasteiger partial charge in [0.25, 0.3) is 0 Å². The molecule has 2 fully saturated rings. The summed E-state index contributed by atoms with van der Waals surface area (Å²) in [5.41, 5.74) is 10.5. The summed E-state index contributed by atoms with van der Waals surface area (Å²) in [5, 5.41) is 0. The van der Waals surface area contributed by atoms with Crippen LogP contribution >= 0.6 is 0 Å². The van der Waals surface area contributed by atoms with Crippen molar-refractivity contribution in [1.29, 1.82) is 0 Å². The maximum absolute atomic E-state index is 6.29. The number of hydrogen-bond acceptors (Lipinski definition) is 2. The Balaban J connectivity index is 1.64. The van der Waals surface area contributed by atoms with Gasteiger partial charge >= 0.3 is 0 Å². The number of nitrogens with zero attached hydrogens (tertiary/aromatic N) is 1. The fourth-order valence-corrected chi connectivity index (χ4v) is 3.68. The van der Waals surface area contributed by atoms with Crippen molar-refractivity contribution >= 4 is 0 Å². The molecule has 0 amide bonds. The summed E-state index contributed by atoms with van der Waals surface area (Å²) >= 11 is 0. The van der Waals surface area contributed by atoms with Gasteiger partial charge in [0.1, 0.15) is 0 Å². The average Bonchev–Trinajstić information content (AvgIpc) is 3.17. The van der Waals surface area contributed by atoms with E-state index in [-0.39, 0.29) is 0 Å². The van der Waals surface area contributed by atoms with Crippen molar-refractivity contribution in [3.63, 3.8) is 0 Å². The van der Waals surface area contributed by atoms with Crippen LogP contribution in [0.15, 0.2) is 18.2 Å². The van der Waals surface area contributed by atoms with Gasteiger partial charge in [0.2, 0.25) is 0 Å². The molecule has 1 saturated heterocycles. The molecule has 3 rings (SSSR count). The Morgan fingerprint density at radius 3 is 2.70 bits per heavy atom. The van der Waals surface area contributed by atoms with Gasteiger partial charge in [-0.05, 0) is 49.7 Å². The quantitative estimate of drug-likeness (QED) is 0.911. The zero-order valence-electron chi connectivity index (χ0n) is 12.9. The molecule has 2 N–H and O–H groups in total. The van der Waals surface area contributed by atoms with E-state index in [0.717, 1.165) is 24.9 Å². The first kappa shape index (κ1) is 14.1. The molecule has 110 valence electrons. The summed E-state index contributed by atoms with van der Waals surface area (Å²) in [5.74, 6) is 1.85. The number of piperidine rings is 1. The molecule has 0 spiro atoms. The SMILES string of the molecule is Cc1ccc(C)c(CN2CC(N)CC(CC3CC3)C2)c1. The van der Waals surface area contributed by atoms with Gasteiger partial charge in [-0.25, -0.2) is 0 Å². The predicted octanol–water partition coefficient (Wildman–Crippen LogP) is 3.25. The molecule has 1 aromatic carbocycles. The molecular weight excluding hydrogens is 244 g/mol. The summed E-state index contributed by atoms with van der Waals surface area (Å²) in [6.07, 6.45) is 5.57. The topological polar surface area (TPSA) is 29.3 Å². The number of nitrogens with two attached hydrogens (primary N) is 1. The van der Waals surface area contributed by atoms with Crippen LogP contribution in [0.3, 0.4) is 0 Å². The van der Waals surface area contributed by atoms with Gasteiger partial charge in [-0.15, -0.1) is 0 Å². The molecule has 0 radical (unpaired) electrons. The second-order valence-corrected chi connectivity index (χ2v) is 7.16. The van der Waals surface area contributed by atoms with Gasteiger partial charge in [0.05, 0.1) is 0 Å². The van der Waals surface area contributed by atoms with Gasteiger partial charge < -0.3 is 5.73 Å². The second kappa shape index (κ2) is 5.87. The first-order valence-corrected chi connectivity index (χ1v) is 8.14. The van der Waals surface area contributed by atoms with Crippen molar-refractivity contribution in [2.24, 2.45) is 17.6 Å². The number of likely N-dealkylation sites (tertiary alicyclic amines) is 1. The molecular formula is C18H28N2. The van der Waals surface area contributed by atoms with Crippen LogP contribution in [-0.4, -0.2) is 24.0 Å². The molecule has 2 atom stereocenters. The second-order valence-electron chi connectivity index (χ2n) is 7.16. The van der Waals surface area contributed by atoms with Crippen LogP contribution in [0.25, 0.3) is 0 Å². The van der Waals surface area contributed by atoms with Crippen LogP contribution in [0, 0.1) is 25.7 Å². The molecule has 1 aliphatic carbocycles. The van der Waals surface area contributed by atoms with E-state index in [2.05, 4.69) is 36.9 Å². The van der Waals surface area contributed by atoms with Crippen LogP contribution in [-0.2, 0) is 6.54 Å². The Morgan fingerprint density at radius 1 is 1.15 bits per heavy atom. The minimum atomic E-state index is 0.373.